The Balaban J connectivity index is 1.22. The summed E-state index contributed by atoms with van der Waals surface area (Å²) in [4.78, 5) is 57.5. The summed E-state index contributed by atoms with van der Waals surface area (Å²) < 4.78 is 0. The van der Waals surface area contributed by atoms with Gasteiger partial charge < -0.3 is 9.68 Å². The molecule has 1 saturated heterocycles. The van der Waals surface area contributed by atoms with Crippen LogP contribution in [-0.2, 0) is 28.9 Å². The topological polar surface area (TPSA) is 102 Å². The average Bonchev–Trinajstić information content (AvgIpc) is 3.33. The first-order valence-corrected chi connectivity index (χ1v) is 13.1. The summed E-state index contributed by atoms with van der Waals surface area (Å²) >= 11 is 0. The summed E-state index contributed by atoms with van der Waals surface area (Å²) in [5.41, 5.74) is 2.55. The molecule has 1 aliphatic heterocycles. The fraction of sp³-hybridized carbons (Fsp3) is 0.741. The number of fused-ring (bicyclic) bond motifs is 5. The number of hydrogen-bond acceptors (Lipinski definition) is 7. The summed E-state index contributed by atoms with van der Waals surface area (Å²) in [7, 11) is 0. The number of oxime groups is 1. The molecule has 0 radical (unpaired) electrons. The van der Waals surface area contributed by atoms with Crippen molar-refractivity contribution in [1.29, 1.82) is 0 Å². The van der Waals surface area contributed by atoms with E-state index >= 15 is 0 Å². The normalized spacial score (nSPS) is 39.6. The molecule has 0 N–H and O–H groups in total. The third kappa shape index (κ3) is 4.02. The molecular formula is C27H36N2O6. The van der Waals surface area contributed by atoms with E-state index in [1.165, 1.54) is 18.4 Å². The van der Waals surface area contributed by atoms with Gasteiger partial charge in [-0.05, 0) is 93.0 Å². The van der Waals surface area contributed by atoms with Crippen LogP contribution in [0.5, 0.6) is 0 Å². The zero-order valence-electron chi connectivity index (χ0n) is 21.0. The lowest BCUT2D eigenvalue weighted by atomic mass is 9.46. The Hall–Kier alpha value is -2.51. The molecule has 1 heterocycles. The number of rotatable bonds is 5. The van der Waals surface area contributed by atoms with Gasteiger partial charge in [0.1, 0.15) is 5.78 Å². The van der Waals surface area contributed by atoms with Gasteiger partial charge in [0, 0.05) is 18.8 Å². The standard InChI is InChI=1S/C27H36N2O6/c1-16(30)20-6-7-21-19-5-4-17-14-18(10-12-26(17,2)22(19)11-13-27(20,21)3)28-34-15-25(33)35-29-23(31)8-9-24(29)32/h14,19-22H,4-13,15H2,1-3H3/b28-18-/t19-,20+,21-,22-,26-,27+/m0/s1. The van der Waals surface area contributed by atoms with E-state index in [0.717, 1.165) is 44.2 Å². The van der Waals surface area contributed by atoms with Crippen molar-refractivity contribution >= 4 is 29.3 Å². The van der Waals surface area contributed by atoms with Crippen LogP contribution in [0, 0.1) is 34.5 Å². The van der Waals surface area contributed by atoms with Crippen molar-refractivity contribution in [3.8, 4) is 0 Å². The fourth-order valence-electron chi connectivity index (χ4n) is 8.26. The van der Waals surface area contributed by atoms with Gasteiger partial charge in [-0.1, -0.05) is 24.6 Å². The maximum absolute atomic E-state index is 12.3. The minimum atomic E-state index is -0.822. The number of imide groups is 1. The van der Waals surface area contributed by atoms with Gasteiger partial charge in [0.15, 0.2) is 0 Å². The molecular weight excluding hydrogens is 448 g/mol. The minimum Gasteiger partial charge on any atom is -0.383 e. The van der Waals surface area contributed by atoms with Crippen LogP contribution in [0.15, 0.2) is 16.8 Å². The Kier molecular flexibility index (Phi) is 6.12. The molecule has 0 aromatic carbocycles. The lowest BCUT2D eigenvalue weighted by Gasteiger charge is -2.58. The molecule has 8 nitrogen and oxygen atoms in total. The summed E-state index contributed by atoms with van der Waals surface area (Å²) in [6.45, 7) is 6.12. The lowest BCUT2D eigenvalue weighted by Crippen LogP contribution is -2.51. The predicted molar refractivity (Wildman–Crippen MR) is 126 cm³/mol. The number of ketones is 1. The van der Waals surface area contributed by atoms with E-state index in [-0.39, 0.29) is 29.6 Å². The second-order valence-corrected chi connectivity index (χ2v) is 11.7. The molecule has 6 atom stereocenters. The zero-order chi connectivity index (χ0) is 25.0. The van der Waals surface area contributed by atoms with E-state index in [1.54, 1.807) is 6.92 Å². The highest BCUT2D eigenvalue weighted by molar-refractivity contribution is 6.01. The molecule has 0 aromatic rings. The van der Waals surface area contributed by atoms with Crippen LogP contribution in [0.1, 0.15) is 85.0 Å². The third-order valence-corrected chi connectivity index (χ3v) is 10.0. The summed E-state index contributed by atoms with van der Waals surface area (Å²) in [6, 6.07) is 0. The van der Waals surface area contributed by atoms with Gasteiger partial charge in [-0.3, -0.25) is 14.4 Å². The second kappa shape index (κ2) is 8.86. The number of hydroxylamine groups is 2. The maximum atomic E-state index is 12.3. The summed E-state index contributed by atoms with van der Waals surface area (Å²) in [5, 5.41) is 4.69. The number of Topliss-reactive ketones (excluding diaryl/α,β-unsaturated/α-hetero) is 1. The van der Waals surface area contributed by atoms with E-state index in [0.29, 0.717) is 28.6 Å². The molecule has 35 heavy (non-hydrogen) atoms. The van der Waals surface area contributed by atoms with Gasteiger partial charge in [-0.25, -0.2) is 4.79 Å². The first-order valence-electron chi connectivity index (χ1n) is 13.1. The maximum Gasteiger partial charge on any atom is 0.373 e. The molecule has 5 rings (SSSR count). The van der Waals surface area contributed by atoms with E-state index in [2.05, 4.69) is 25.1 Å². The minimum absolute atomic E-state index is 0.0563. The first-order chi connectivity index (χ1) is 16.6. The molecule has 5 aliphatic rings. The molecule has 0 aromatic heterocycles. The first kappa shape index (κ1) is 24.2. The second-order valence-electron chi connectivity index (χ2n) is 11.7. The van der Waals surface area contributed by atoms with Gasteiger partial charge in [-0.15, -0.1) is 5.06 Å². The number of nitrogens with zero attached hydrogens (tertiary/aromatic N) is 2. The summed E-state index contributed by atoms with van der Waals surface area (Å²) in [5.74, 6) is 0.716. The Morgan fingerprint density at radius 1 is 1.00 bits per heavy atom. The van der Waals surface area contributed by atoms with Crippen molar-refractivity contribution in [1.82, 2.24) is 5.06 Å². The highest BCUT2D eigenvalue weighted by Gasteiger charge is 2.59. The van der Waals surface area contributed by atoms with Crippen molar-refractivity contribution in [3.63, 3.8) is 0 Å². The third-order valence-electron chi connectivity index (χ3n) is 10.0. The molecule has 2 amide bonds. The molecule has 4 fully saturated rings. The number of amides is 2. The Bertz CT molecular complexity index is 1000. The summed E-state index contributed by atoms with van der Waals surface area (Å²) in [6.07, 6.45) is 10.8. The molecule has 190 valence electrons. The Morgan fingerprint density at radius 3 is 2.46 bits per heavy atom. The van der Waals surface area contributed by atoms with Crippen LogP contribution in [-0.4, -0.2) is 40.9 Å². The Labute approximate surface area is 206 Å². The average molecular weight is 485 g/mol. The van der Waals surface area contributed by atoms with Crippen LogP contribution < -0.4 is 0 Å². The largest absolute Gasteiger partial charge is 0.383 e. The molecule has 3 saturated carbocycles. The predicted octanol–water partition coefficient (Wildman–Crippen LogP) is 4.13. The zero-order valence-corrected chi connectivity index (χ0v) is 21.0. The highest BCUT2D eigenvalue weighted by atomic mass is 16.7. The van der Waals surface area contributed by atoms with E-state index in [9.17, 15) is 19.2 Å². The molecule has 4 aliphatic carbocycles. The molecule has 0 unspecified atom stereocenters. The number of allylic oxidation sites excluding steroid dienone is 2. The van der Waals surface area contributed by atoms with Crippen molar-refractivity contribution < 1.29 is 28.9 Å². The number of carbonyl (C=O) groups is 4. The van der Waals surface area contributed by atoms with E-state index in [4.69, 9.17) is 9.68 Å². The van der Waals surface area contributed by atoms with Crippen LogP contribution in [0.25, 0.3) is 0 Å². The Morgan fingerprint density at radius 2 is 1.74 bits per heavy atom. The van der Waals surface area contributed by atoms with Crippen LogP contribution in [0.2, 0.25) is 0 Å². The van der Waals surface area contributed by atoms with Crippen LogP contribution in [0.4, 0.5) is 0 Å². The van der Waals surface area contributed by atoms with Crippen molar-refractivity contribution in [2.75, 3.05) is 6.61 Å². The highest BCUT2D eigenvalue weighted by Crippen LogP contribution is 2.66. The van der Waals surface area contributed by atoms with Crippen molar-refractivity contribution in [2.24, 2.45) is 39.7 Å². The number of hydrogen-bond donors (Lipinski definition) is 0. The monoisotopic (exact) mass is 484 g/mol. The lowest BCUT2D eigenvalue weighted by molar-refractivity contribution is -0.200. The molecule has 0 spiro atoms. The van der Waals surface area contributed by atoms with Crippen LogP contribution in [0.3, 0.4) is 0 Å². The SMILES string of the molecule is CC(=O)[C@H]1CC[C@H]2[C@@H]3CCC4=C/C(=N\OCC(=O)ON5C(=O)CCC5=O)CC[C@]4(C)[C@H]3CC[C@]12C. The van der Waals surface area contributed by atoms with E-state index < -0.39 is 24.4 Å². The smallest absolute Gasteiger partial charge is 0.373 e. The van der Waals surface area contributed by atoms with Crippen molar-refractivity contribution in [3.05, 3.63) is 11.6 Å². The van der Waals surface area contributed by atoms with Gasteiger partial charge in [-0.2, -0.15) is 0 Å². The van der Waals surface area contributed by atoms with Crippen molar-refractivity contribution in [2.45, 2.75) is 85.0 Å². The quantitative estimate of drug-likeness (QED) is 0.429. The molecule has 8 heteroatoms. The van der Waals surface area contributed by atoms with Gasteiger partial charge in [0.25, 0.3) is 11.8 Å². The van der Waals surface area contributed by atoms with Gasteiger partial charge in [0.05, 0.1) is 5.71 Å². The molecule has 0 bridgehead atoms. The van der Waals surface area contributed by atoms with E-state index in [1.807, 2.05) is 0 Å². The van der Waals surface area contributed by atoms with Crippen LogP contribution >= 0.6 is 0 Å². The van der Waals surface area contributed by atoms with Gasteiger partial charge >= 0.3 is 5.97 Å². The number of carbonyl (C=O) groups excluding carboxylic acids is 4. The fourth-order valence-corrected chi connectivity index (χ4v) is 8.26. The van der Waals surface area contributed by atoms with Gasteiger partial charge in [0.2, 0.25) is 6.61 Å².